The van der Waals surface area contributed by atoms with Gasteiger partial charge in [0, 0.05) is 6.42 Å². The minimum atomic E-state index is -1.27. The molecule has 0 saturated carbocycles. The van der Waals surface area contributed by atoms with Crippen molar-refractivity contribution in [3.05, 3.63) is 34.9 Å². The highest BCUT2D eigenvalue weighted by molar-refractivity contribution is 6.01. The van der Waals surface area contributed by atoms with E-state index in [-0.39, 0.29) is 0 Å². The van der Waals surface area contributed by atoms with Crippen LogP contribution in [0.4, 0.5) is 0 Å². The first-order valence-electron chi connectivity index (χ1n) is 7.22. The van der Waals surface area contributed by atoms with Gasteiger partial charge in [0.05, 0.1) is 20.3 Å². The summed E-state index contributed by atoms with van der Waals surface area (Å²) in [7, 11) is 2.56. The van der Waals surface area contributed by atoms with Gasteiger partial charge in [-0.3, -0.25) is 9.59 Å². The molecular formula is C17H19NO4. The molecule has 22 heavy (non-hydrogen) atoms. The number of rotatable bonds is 5. The molecule has 0 heterocycles. The van der Waals surface area contributed by atoms with Crippen LogP contribution in [-0.2, 0) is 38.3 Å². The van der Waals surface area contributed by atoms with Crippen molar-refractivity contribution in [2.24, 2.45) is 5.41 Å². The Balaban J connectivity index is 2.25. The van der Waals surface area contributed by atoms with Crippen LogP contribution >= 0.6 is 0 Å². The van der Waals surface area contributed by atoms with E-state index in [9.17, 15) is 9.59 Å². The molecule has 0 aromatic heterocycles. The molecule has 1 aliphatic carbocycles. The highest BCUT2D eigenvalue weighted by Crippen LogP contribution is 2.39. The van der Waals surface area contributed by atoms with Crippen molar-refractivity contribution in [1.29, 1.82) is 5.26 Å². The van der Waals surface area contributed by atoms with Crippen LogP contribution in [0.3, 0.4) is 0 Å². The topological polar surface area (TPSA) is 76.4 Å². The first-order valence-corrected chi connectivity index (χ1v) is 7.22. The number of hydrogen-bond acceptors (Lipinski definition) is 5. The van der Waals surface area contributed by atoms with Crippen LogP contribution in [0.5, 0.6) is 0 Å². The van der Waals surface area contributed by atoms with Crippen LogP contribution in [0.1, 0.15) is 29.5 Å². The van der Waals surface area contributed by atoms with Crippen LogP contribution in [0, 0.1) is 16.7 Å². The largest absolute Gasteiger partial charge is 0.468 e. The Morgan fingerprint density at radius 2 is 1.82 bits per heavy atom. The summed E-state index contributed by atoms with van der Waals surface area (Å²) < 4.78 is 9.65. The van der Waals surface area contributed by atoms with Gasteiger partial charge in [-0.05, 0) is 42.4 Å². The molecule has 0 atom stereocenters. The van der Waals surface area contributed by atoms with Crippen molar-refractivity contribution >= 4 is 11.9 Å². The maximum Gasteiger partial charge on any atom is 0.323 e. The van der Waals surface area contributed by atoms with E-state index in [2.05, 4.69) is 6.07 Å². The van der Waals surface area contributed by atoms with E-state index in [4.69, 9.17) is 14.7 Å². The Labute approximate surface area is 129 Å². The third kappa shape index (κ3) is 2.82. The number of carbonyl (C=O) groups is 2. The molecule has 1 aliphatic rings. The Morgan fingerprint density at radius 3 is 2.41 bits per heavy atom. The standard InChI is InChI=1S/C17H19NO4/c1-21-15(19)17(16(20)22-2)10-13-7-6-12(5-3-4-8-18)9-14(13)11-17/h6-7,9H,3-5,10-11H2,1-2H3. The summed E-state index contributed by atoms with van der Waals surface area (Å²) in [6.45, 7) is 0. The lowest BCUT2D eigenvalue weighted by molar-refractivity contribution is -0.168. The summed E-state index contributed by atoms with van der Waals surface area (Å²) >= 11 is 0. The van der Waals surface area contributed by atoms with Crippen LogP contribution in [0.2, 0.25) is 0 Å². The van der Waals surface area contributed by atoms with Gasteiger partial charge in [0.15, 0.2) is 5.41 Å². The third-order valence-electron chi connectivity index (χ3n) is 4.16. The van der Waals surface area contributed by atoms with E-state index >= 15 is 0 Å². The van der Waals surface area contributed by atoms with Crippen LogP contribution in [-0.4, -0.2) is 26.2 Å². The normalized spacial score (nSPS) is 14.8. The predicted molar refractivity (Wildman–Crippen MR) is 78.9 cm³/mol. The SMILES string of the molecule is COC(=O)C1(C(=O)OC)Cc2ccc(CCCC#N)cc2C1. The highest BCUT2D eigenvalue weighted by atomic mass is 16.5. The number of nitriles is 1. The number of aryl methyl sites for hydroxylation is 1. The first-order chi connectivity index (χ1) is 10.6. The average molecular weight is 301 g/mol. The maximum atomic E-state index is 12.1. The predicted octanol–water partition coefficient (Wildman–Crippen LogP) is 1.96. The molecule has 5 nitrogen and oxygen atoms in total. The minimum Gasteiger partial charge on any atom is -0.468 e. The van der Waals surface area contributed by atoms with Gasteiger partial charge in [-0.25, -0.2) is 0 Å². The second-order valence-electron chi connectivity index (χ2n) is 5.53. The van der Waals surface area contributed by atoms with Gasteiger partial charge < -0.3 is 9.47 Å². The van der Waals surface area contributed by atoms with Gasteiger partial charge >= 0.3 is 11.9 Å². The third-order valence-corrected chi connectivity index (χ3v) is 4.16. The number of unbranched alkanes of at least 4 members (excludes halogenated alkanes) is 1. The molecule has 0 bridgehead atoms. The van der Waals surface area contributed by atoms with Crippen molar-refractivity contribution in [3.63, 3.8) is 0 Å². The molecule has 1 aromatic carbocycles. The van der Waals surface area contributed by atoms with Gasteiger partial charge in [0.2, 0.25) is 0 Å². The number of esters is 2. The first kappa shape index (κ1) is 16.0. The molecule has 0 N–H and O–H groups in total. The Kier molecular flexibility index (Phi) is 4.81. The van der Waals surface area contributed by atoms with Gasteiger partial charge in [0.25, 0.3) is 0 Å². The average Bonchev–Trinajstić information content (AvgIpc) is 2.93. The van der Waals surface area contributed by atoms with Gasteiger partial charge in [0.1, 0.15) is 0 Å². The van der Waals surface area contributed by atoms with E-state index in [1.807, 2.05) is 18.2 Å². The number of benzene rings is 1. The summed E-state index contributed by atoms with van der Waals surface area (Å²) in [5.74, 6) is -1.11. The second kappa shape index (κ2) is 6.61. The molecule has 1 aromatic rings. The van der Waals surface area contributed by atoms with Crippen LogP contribution in [0.15, 0.2) is 18.2 Å². The Morgan fingerprint density at radius 1 is 1.18 bits per heavy atom. The summed E-state index contributed by atoms with van der Waals surface area (Å²) in [5, 5.41) is 8.59. The number of carbonyl (C=O) groups excluding carboxylic acids is 2. The fourth-order valence-corrected chi connectivity index (χ4v) is 3.02. The molecular weight excluding hydrogens is 282 g/mol. The zero-order valence-corrected chi connectivity index (χ0v) is 12.8. The van der Waals surface area contributed by atoms with Crippen molar-refractivity contribution in [1.82, 2.24) is 0 Å². The number of ether oxygens (including phenoxy) is 2. The number of fused-ring (bicyclic) bond motifs is 1. The van der Waals surface area contributed by atoms with E-state index in [1.54, 1.807) is 0 Å². The Hall–Kier alpha value is -2.35. The van der Waals surface area contributed by atoms with Crippen LogP contribution in [0.25, 0.3) is 0 Å². The lowest BCUT2D eigenvalue weighted by Gasteiger charge is -2.22. The summed E-state index contributed by atoms with van der Waals surface area (Å²) in [4.78, 5) is 24.3. The fourth-order valence-electron chi connectivity index (χ4n) is 3.02. The lowest BCUT2D eigenvalue weighted by Crippen LogP contribution is -2.42. The molecule has 0 radical (unpaired) electrons. The molecule has 2 rings (SSSR count). The molecule has 0 aliphatic heterocycles. The Bertz CT molecular complexity index is 614. The number of hydrogen-bond donors (Lipinski definition) is 0. The smallest absolute Gasteiger partial charge is 0.323 e. The van der Waals surface area contributed by atoms with Gasteiger partial charge in [-0.15, -0.1) is 0 Å². The van der Waals surface area contributed by atoms with Gasteiger partial charge in [-0.2, -0.15) is 5.26 Å². The van der Waals surface area contributed by atoms with Crippen molar-refractivity contribution in [2.75, 3.05) is 14.2 Å². The number of nitrogens with zero attached hydrogens (tertiary/aromatic N) is 1. The molecule has 0 spiro atoms. The van der Waals surface area contributed by atoms with Crippen molar-refractivity contribution in [3.8, 4) is 6.07 Å². The van der Waals surface area contributed by atoms with Gasteiger partial charge in [-0.1, -0.05) is 18.2 Å². The van der Waals surface area contributed by atoms with Crippen molar-refractivity contribution < 1.29 is 19.1 Å². The van der Waals surface area contributed by atoms with Crippen molar-refractivity contribution in [2.45, 2.75) is 32.1 Å². The van der Waals surface area contributed by atoms with E-state index in [1.165, 1.54) is 14.2 Å². The fraction of sp³-hybridized carbons (Fsp3) is 0.471. The molecule has 116 valence electrons. The lowest BCUT2D eigenvalue weighted by atomic mass is 9.85. The summed E-state index contributed by atoms with van der Waals surface area (Å²) in [6, 6.07) is 8.08. The molecule has 5 heteroatoms. The van der Waals surface area contributed by atoms with Crippen LogP contribution < -0.4 is 0 Å². The minimum absolute atomic E-state index is 0.299. The van der Waals surface area contributed by atoms with E-state index < -0.39 is 17.4 Å². The highest BCUT2D eigenvalue weighted by Gasteiger charge is 2.52. The molecule has 0 unspecified atom stereocenters. The maximum absolute atomic E-state index is 12.1. The quantitative estimate of drug-likeness (QED) is 0.472. The number of methoxy groups -OCH3 is 2. The second-order valence-corrected chi connectivity index (χ2v) is 5.53. The zero-order valence-electron chi connectivity index (χ0n) is 12.8. The monoisotopic (exact) mass is 301 g/mol. The zero-order chi connectivity index (χ0) is 16.2. The van der Waals surface area contributed by atoms with E-state index in [0.29, 0.717) is 19.3 Å². The molecule has 0 amide bonds. The van der Waals surface area contributed by atoms with E-state index in [0.717, 1.165) is 29.5 Å². The summed E-state index contributed by atoms with van der Waals surface area (Å²) in [5.41, 5.74) is 1.79. The summed E-state index contributed by atoms with van der Waals surface area (Å²) in [6.07, 6.45) is 2.73. The molecule has 0 fully saturated rings. The molecule has 0 saturated heterocycles.